The number of methoxy groups -OCH3 is 1. The minimum Gasteiger partial charge on any atom is -0.464 e. The van der Waals surface area contributed by atoms with Gasteiger partial charge in [0.2, 0.25) is 0 Å². The van der Waals surface area contributed by atoms with E-state index in [9.17, 15) is 10.1 Å². The number of esters is 1. The van der Waals surface area contributed by atoms with Crippen LogP contribution in [0, 0.1) is 11.3 Å². The van der Waals surface area contributed by atoms with Crippen molar-refractivity contribution in [1.82, 2.24) is 14.3 Å². The summed E-state index contributed by atoms with van der Waals surface area (Å²) in [6.07, 6.45) is 5.12. The molecule has 8 heteroatoms. The Hall–Kier alpha value is -3.05. The molecule has 0 aliphatic carbocycles. The Bertz CT molecular complexity index is 983. The van der Waals surface area contributed by atoms with Gasteiger partial charge in [-0.15, -0.1) is 0 Å². The van der Waals surface area contributed by atoms with Crippen LogP contribution in [-0.4, -0.2) is 27.4 Å². The predicted octanol–water partition coefficient (Wildman–Crippen LogP) is 2.73. The van der Waals surface area contributed by atoms with Crippen molar-refractivity contribution in [3.63, 3.8) is 0 Å². The molecule has 0 radical (unpaired) electrons. The quantitative estimate of drug-likeness (QED) is 0.679. The molecule has 2 N–H and O–H groups in total. The fraction of sp³-hybridized carbons (Fsp3) is 0.118. The Kier molecular flexibility index (Phi) is 4.59. The molecule has 0 atom stereocenters. The lowest BCUT2D eigenvalue weighted by atomic mass is 10.2. The second kappa shape index (κ2) is 6.83. The Balaban J connectivity index is 2.04. The van der Waals surface area contributed by atoms with Gasteiger partial charge < -0.3 is 15.0 Å². The zero-order valence-corrected chi connectivity index (χ0v) is 14.9. The van der Waals surface area contributed by atoms with E-state index in [1.807, 2.05) is 36.5 Å². The molecule has 2 aromatic heterocycles. The molecule has 7 nitrogen and oxygen atoms in total. The monoisotopic (exact) mass is 399 g/mol. The van der Waals surface area contributed by atoms with Gasteiger partial charge in [0.05, 0.1) is 35.6 Å². The van der Waals surface area contributed by atoms with Crippen LogP contribution >= 0.6 is 15.9 Å². The number of hydrogen-bond acceptors (Lipinski definition) is 5. The third-order valence-electron chi connectivity index (χ3n) is 3.68. The van der Waals surface area contributed by atoms with Gasteiger partial charge in [-0.05, 0) is 33.6 Å². The molecule has 0 aliphatic heterocycles. The second-order valence-electron chi connectivity index (χ2n) is 5.30. The Morgan fingerprint density at radius 1 is 1.44 bits per heavy atom. The van der Waals surface area contributed by atoms with Gasteiger partial charge in [0.25, 0.3) is 0 Å². The highest BCUT2D eigenvalue weighted by molar-refractivity contribution is 9.10. The van der Waals surface area contributed by atoms with E-state index in [1.165, 1.54) is 13.3 Å². The molecule has 0 saturated carbocycles. The number of hydrogen-bond donors (Lipinski definition) is 1. The topological polar surface area (TPSA) is 98.9 Å². The molecule has 0 unspecified atom stereocenters. The number of rotatable bonds is 4. The normalized spacial score (nSPS) is 10.4. The number of aromatic nitrogens is 3. The van der Waals surface area contributed by atoms with E-state index in [0.717, 1.165) is 10.0 Å². The Labute approximate surface area is 152 Å². The maximum Gasteiger partial charge on any atom is 0.357 e. The van der Waals surface area contributed by atoms with Crippen molar-refractivity contribution in [2.45, 2.75) is 6.54 Å². The van der Waals surface area contributed by atoms with Gasteiger partial charge in [-0.25, -0.2) is 4.79 Å². The first-order valence-corrected chi connectivity index (χ1v) is 8.09. The molecule has 0 amide bonds. The number of nitrogens with two attached hydrogens (primary N) is 1. The molecule has 0 spiro atoms. The number of halogens is 1. The summed E-state index contributed by atoms with van der Waals surface area (Å²) in [5.74, 6) is -0.597. The molecule has 0 fully saturated rings. The smallest absolute Gasteiger partial charge is 0.357 e. The lowest BCUT2D eigenvalue weighted by molar-refractivity contribution is 0.0593. The van der Waals surface area contributed by atoms with E-state index in [2.05, 4.69) is 21.0 Å². The van der Waals surface area contributed by atoms with Crippen LogP contribution < -0.4 is 5.73 Å². The minimum absolute atomic E-state index is 0.107. The van der Waals surface area contributed by atoms with Crippen LogP contribution in [0.3, 0.4) is 0 Å². The maximum absolute atomic E-state index is 12.1. The molecule has 126 valence electrons. The molecular formula is C17H14BrN5O2. The van der Waals surface area contributed by atoms with Crippen molar-refractivity contribution in [2.24, 2.45) is 0 Å². The summed E-state index contributed by atoms with van der Waals surface area (Å²) in [5.41, 5.74) is 8.08. The van der Waals surface area contributed by atoms with Gasteiger partial charge in [-0.2, -0.15) is 10.4 Å². The van der Waals surface area contributed by atoms with Crippen molar-refractivity contribution >= 4 is 27.6 Å². The number of carbonyl (C=O) groups is 1. The van der Waals surface area contributed by atoms with Crippen LogP contribution in [0.5, 0.6) is 0 Å². The fourth-order valence-corrected chi connectivity index (χ4v) is 2.86. The number of nitriles is 1. The average Bonchev–Trinajstić information content (AvgIpc) is 3.17. The van der Waals surface area contributed by atoms with Crippen molar-refractivity contribution in [3.05, 3.63) is 64.1 Å². The largest absolute Gasteiger partial charge is 0.464 e. The van der Waals surface area contributed by atoms with Crippen LogP contribution in [0.15, 0.2) is 47.3 Å². The second-order valence-corrected chi connectivity index (χ2v) is 6.22. The van der Waals surface area contributed by atoms with E-state index in [4.69, 9.17) is 10.5 Å². The molecule has 0 saturated heterocycles. The summed E-state index contributed by atoms with van der Waals surface area (Å²) < 4.78 is 9.05. The number of anilines is 1. The van der Waals surface area contributed by atoms with E-state index in [0.29, 0.717) is 12.2 Å². The summed E-state index contributed by atoms with van der Waals surface area (Å²) in [5, 5.41) is 13.4. The first kappa shape index (κ1) is 16.8. The highest BCUT2D eigenvalue weighted by atomic mass is 79.9. The summed E-state index contributed by atoms with van der Waals surface area (Å²) >= 11 is 3.37. The summed E-state index contributed by atoms with van der Waals surface area (Å²) in [4.78, 5) is 12.1. The van der Waals surface area contributed by atoms with Crippen molar-refractivity contribution < 1.29 is 9.53 Å². The van der Waals surface area contributed by atoms with E-state index in [-0.39, 0.29) is 16.9 Å². The predicted molar refractivity (Wildman–Crippen MR) is 95.3 cm³/mol. The molecule has 0 bridgehead atoms. The van der Waals surface area contributed by atoms with Crippen LogP contribution in [0.4, 0.5) is 5.69 Å². The molecule has 3 aromatic rings. The van der Waals surface area contributed by atoms with Crippen LogP contribution in [-0.2, 0) is 11.3 Å². The van der Waals surface area contributed by atoms with Gasteiger partial charge in [0.15, 0.2) is 5.69 Å². The molecule has 2 heterocycles. The van der Waals surface area contributed by atoms with Crippen LogP contribution in [0.1, 0.15) is 21.6 Å². The Morgan fingerprint density at radius 3 is 2.88 bits per heavy atom. The van der Waals surface area contributed by atoms with Gasteiger partial charge in [0, 0.05) is 18.1 Å². The van der Waals surface area contributed by atoms with E-state index in [1.54, 1.807) is 15.4 Å². The highest BCUT2D eigenvalue weighted by Gasteiger charge is 2.21. The molecular weight excluding hydrogens is 386 g/mol. The molecule has 0 aliphatic rings. The number of benzene rings is 1. The number of nitrogen functional groups attached to an aromatic ring is 1. The summed E-state index contributed by atoms with van der Waals surface area (Å²) in [6, 6.07) is 9.54. The third kappa shape index (κ3) is 3.27. The third-order valence-corrected chi connectivity index (χ3v) is 4.09. The van der Waals surface area contributed by atoms with Gasteiger partial charge in [0.1, 0.15) is 6.07 Å². The van der Waals surface area contributed by atoms with Gasteiger partial charge in [-0.3, -0.25) is 4.68 Å². The van der Waals surface area contributed by atoms with Crippen LogP contribution in [0.25, 0.3) is 5.69 Å². The number of carbonyl (C=O) groups excluding carboxylic acids is 1. The lowest BCUT2D eigenvalue weighted by Crippen LogP contribution is -2.11. The SMILES string of the molecule is COC(=O)c1c(N)c(C#N)cn1-c1cccc(Cn2cc(Br)cn2)c1. The van der Waals surface area contributed by atoms with Gasteiger partial charge in [-0.1, -0.05) is 12.1 Å². The first-order valence-electron chi connectivity index (χ1n) is 7.30. The zero-order chi connectivity index (χ0) is 18.0. The van der Waals surface area contributed by atoms with Crippen molar-refractivity contribution in [3.8, 4) is 11.8 Å². The Morgan fingerprint density at radius 2 is 2.24 bits per heavy atom. The minimum atomic E-state index is -0.597. The zero-order valence-electron chi connectivity index (χ0n) is 13.3. The number of nitrogens with zero attached hydrogens (tertiary/aromatic N) is 4. The molecule has 1 aromatic carbocycles. The van der Waals surface area contributed by atoms with E-state index < -0.39 is 5.97 Å². The van der Waals surface area contributed by atoms with Crippen molar-refractivity contribution in [2.75, 3.05) is 12.8 Å². The summed E-state index contributed by atoms with van der Waals surface area (Å²) in [6.45, 7) is 0.564. The fourth-order valence-electron chi connectivity index (χ4n) is 2.53. The lowest BCUT2D eigenvalue weighted by Gasteiger charge is -2.10. The van der Waals surface area contributed by atoms with Gasteiger partial charge >= 0.3 is 5.97 Å². The maximum atomic E-state index is 12.1. The van der Waals surface area contributed by atoms with Crippen LogP contribution in [0.2, 0.25) is 0 Å². The first-order chi connectivity index (χ1) is 12.0. The van der Waals surface area contributed by atoms with Crippen molar-refractivity contribution in [1.29, 1.82) is 5.26 Å². The van der Waals surface area contributed by atoms with E-state index >= 15 is 0 Å². The molecule has 3 rings (SSSR count). The number of ether oxygens (including phenoxy) is 1. The molecule has 25 heavy (non-hydrogen) atoms. The standard InChI is InChI=1S/C17H14BrN5O2/c1-25-17(24)16-15(20)12(6-19)9-23(16)14-4-2-3-11(5-14)8-22-10-13(18)7-21-22/h2-5,7,9-10H,8,20H2,1H3. The highest BCUT2D eigenvalue weighted by Crippen LogP contribution is 2.25. The summed E-state index contributed by atoms with van der Waals surface area (Å²) in [7, 11) is 1.27. The average molecular weight is 400 g/mol.